The zero-order valence-electron chi connectivity index (χ0n) is 15.9. The number of ether oxygens (including phenoxy) is 1. The van der Waals surface area contributed by atoms with E-state index in [0.29, 0.717) is 12.0 Å². The monoisotopic (exact) mass is 410 g/mol. The minimum Gasteiger partial charge on any atom is -0.460 e. The fourth-order valence-corrected chi connectivity index (χ4v) is 3.97. The van der Waals surface area contributed by atoms with E-state index in [2.05, 4.69) is 40.5 Å². The van der Waals surface area contributed by atoms with Crippen LogP contribution in [0.4, 0.5) is 16.8 Å². The van der Waals surface area contributed by atoms with Crippen LogP contribution in [0.15, 0.2) is 30.9 Å². The van der Waals surface area contributed by atoms with Gasteiger partial charge in [0.1, 0.15) is 6.10 Å². The standard InChI is InChI=1S/C19H22N8OS/c1-2-14(3-1)28-18-21-5-4-15(25-18)16-12-24-19(29-16)26-17-22-10-13(11-23-17)27-8-6-20-7-9-27/h4-5,10-12,14,20H,1-3,6-9H2,(H,22,23,24,26). The molecule has 9 nitrogen and oxygen atoms in total. The number of aromatic nitrogens is 5. The Kier molecular flexibility index (Phi) is 5.18. The maximum Gasteiger partial charge on any atom is 0.317 e. The summed E-state index contributed by atoms with van der Waals surface area (Å²) >= 11 is 1.49. The van der Waals surface area contributed by atoms with Crippen LogP contribution in [0.5, 0.6) is 6.01 Å². The van der Waals surface area contributed by atoms with Gasteiger partial charge in [-0.25, -0.2) is 19.9 Å². The van der Waals surface area contributed by atoms with Gasteiger partial charge in [-0.15, -0.1) is 0 Å². The molecule has 0 bridgehead atoms. The number of hydrogen-bond donors (Lipinski definition) is 2. The minimum atomic E-state index is 0.255. The second-order valence-corrected chi connectivity index (χ2v) is 8.08. The summed E-state index contributed by atoms with van der Waals surface area (Å²) in [6.45, 7) is 3.91. The Labute approximate surface area is 172 Å². The first-order valence-corrected chi connectivity index (χ1v) is 10.7. The molecular weight excluding hydrogens is 388 g/mol. The zero-order valence-corrected chi connectivity index (χ0v) is 16.7. The van der Waals surface area contributed by atoms with Gasteiger partial charge >= 0.3 is 6.01 Å². The van der Waals surface area contributed by atoms with E-state index in [1.54, 1.807) is 12.4 Å². The zero-order chi connectivity index (χ0) is 19.5. The van der Waals surface area contributed by atoms with Crippen molar-refractivity contribution in [1.29, 1.82) is 0 Å². The lowest BCUT2D eigenvalue weighted by molar-refractivity contribution is 0.108. The van der Waals surface area contributed by atoms with Crippen molar-refractivity contribution in [2.45, 2.75) is 25.4 Å². The molecule has 0 amide bonds. The number of rotatable bonds is 6. The van der Waals surface area contributed by atoms with Gasteiger partial charge in [0.25, 0.3) is 0 Å². The van der Waals surface area contributed by atoms with E-state index in [4.69, 9.17) is 4.74 Å². The number of anilines is 3. The Bertz CT molecular complexity index is 953. The summed E-state index contributed by atoms with van der Waals surface area (Å²) in [6, 6.07) is 2.30. The molecule has 2 N–H and O–H groups in total. The molecule has 1 saturated heterocycles. The van der Waals surface area contributed by atoms with Gasteiger partial charge in [0.05, 0.1) is 28.7 Å². The summed E-state index contributed by atoms with van der Waals surface area (Å²) in [7, 11) is 0. The summed E-state index contributed by atoms with van der Waals surface area (Å²) in [5.74, 6) is 0.529. The molecule has 150 valence electrons. The van der Waals surface area contributed by atoms with Crippen LogP contribution in [0.1, 0.15) is 19.3 Å². The lowest BCUT2D eigenvalue weighted by atomic mass is 9.96. The lowest BCUT2D eigenvalue weighted by Crippen LogP contribution is -2.43. The third kappa shape index (κ3) is 4.28. The first kappa shape index (κ1) is 18.2. The van der Waals surface area contributed by atoms with Crippen LogP contribution in [0.25, 0.3) is 10.6 Å². The van der Waals surface area contributed by atoms with Crippen molar-refractivity contribution >= 4 is 28.1 Å². The molecule has 0 aromatic carbocycles. The van der Waals surface area contributed by atoms with Gasteiger partial charge in [0.15, 0.2) is 5.13 Å². The number of nitrogens with zero attached hydrogens (tertiary/aromatic N) is 6. The Hall–Kier alpha value is -2.85. The molecule has 3 aromatic heterocycles. The van der Waals surface area contributed by atoms with Crippen LogP contribution in [0.2, 0.25) is 0 Å². The van der Waals surface area contributed by atoms with Gasteiger partial charge in [-0.05, 0) is 25.3 Å². The molecule has 4 heterocycles. The highest BCUT2D eigenvalue weighted by atomic mass is 32.1. The van der Waals surface area contributed by atoms with Crippen LogP contribution in [0, 0.1) is 0 Å². The Balaban J connectivity index is 1.25. The molecule has 0 radical (unpaired) electrons. The summed E-state index contributed by atoms with van der Waals surface area (Å²) in [4.78, 5) is 25.2. The van der Waals surface area contributed by atoms with Crippen molar-refractivity contribution in [3.63, 3.8) is 0 Å². The van der Waals surface area contributed by atoms with Crippen molar-refractivity contribution in [2.75, 3.05) is 36.4 Å². The van der Waals surface area contributed by atoms with Crippen LogP contribution >= 0.6 is 11.3 Å². The molecule has 3 aromatic rings. The molecular formula is C19H22N8OS. The lowest BCUT2D eigenvalue weighted by Gasteiger charge is -2.28. The first-order chi connectivity index (χ1) is 14.3. The third-order valence-electron chi connectivity index (χ3n) is 5.05. The Morgan fingerprint density at radius 1 is 1.07 bits per heavy atom. The van der Waals surface area contributed by atoms with E-state index < -0.39 is 0 Å². The highest BCUT2D eigenvalue weighted by Gasteiger charge is 2.20. The van der Waals surface area contributed by atoms with E-state index >= 15 is 0 Å². The van der Waals surface area contributed by atoms with Crippen molar-refractivity contribution < 1.29 is 4.74 Å². The highest BCUT2D eigenvalue weighted by Crippen LogP contribution is 2.30. The van der Waals surface area contributed by atoms with Gasteiger partial charge in [0, 0.05) is 38.6 Å². The van der Waals surface area contributed by atoms with E-state index in [9.17, 15) is 0 Å². The van der Waals surface area contributed by atoms with Crippen LogP contribution < -0.4 is 20.3 Å². The summed E-state index contributed by atoms with van der Waals surface area (Å²) in [5, 5.41) is 7.23. The van der Waals surface area contributed by atoms with Crippen LogP contribution in [-0.4, -0.2) is 57.2 Å². The molecule has 29 heavy (non-hydrogen) atoms. The number of hydrogen-bond acceptors (Lipinski definition) is 10. The quantitative estimate of drug-likeness (QED) is 0.634. The summed E-state index contributed by atoms with van der Waals surface area (Å²) in [5.41, 5.74) is 1.84. The highest BCUT2D eigenvalue weighted by molar-refractivity contribution is 7.18. The van der Waals surface area contributed by atoms with Gasteiger partial charge < -0.3 is 20.3 Å². The Morgan fingerprint density at radius 3 is 2.66 bits per heavy atom. The van der Waals surface area contributed by atoms with Gasteiger partial charge in [-0.3, -0.25) is 0 Å². The first-order valence-electron chi connectivity index (χ1n) is 9.84. The Morgan fingerprint density at radius 2 is 1.90 bits per heavy atom. The minimum absolute atomic E-state index is 0.255. The maximum absolute atomic E-state index is 5.79. The molecule has 0 spiro atoms. The molecule has 1 aliphatic heterocycles. The predicted octanol–water partition coefficient (Wildman–Crippen LogP) is 2.47. The molecule has 1 aliphatic carbocycles. The SMILES string of the molecule is c1cc(-c2cnc(Nc3ncc(N4CCNCC4)cn3)s2)nc(OC2CCC2)n1. The van der Waals surface area contributed by atoms with Crippen LogP contribution in [-0.2, 0) is 0 Å². The second-order valence-electron chi connectivity index (χ2n) is 7.05. The smallest absolute Gasteiger partial charge is 0.317 e. The van der Waals surface area contributed by atoms with E-state index in [-0.39, 0.29) is 6.10 Å². The summed E-state index contributed by atoms with van der Waals surface area (Å²) < 4.78 is 5.79. The van der Waals surface area contributed by atoms with Crippen molar-refractivity contribution in [2.24, 2.45) is 0 Å². The van der Waals surface area contributed by atoms with Gasteiger partial charge in [-0.2, -0.15) is 4.98 Å². The predicted molar refractivity (Wildman–Crippen MR) is 112 cm³/mol. The van der Waals surface area contributed by atoms with Crippen molar-refractivity contribution in [3.8, 4) is 16.6 Å². The molecule has 1 saturated carbocycles. The van der Waals surface area contributed by atoms with Gasteiger partial charge in [0.2, 0.25) is 5.95 Å². The molecule has 5 rings (SSSR count). The fourth-order valence-electron chi connectivity index (χ4n) is 3.19. The number of nitrogens with one attached hydrogen (secondary N) is 2. The molecule has 2 aliphatic rings. The van der Waals surface area contributed by atoms with E-state index in [0.717, 1.165) is 60.4 Å². The molecule has 10 heteroatoms. The molecule has 0 unspecified atom stereocenters. The largest absolute Gasteiger partial charge is 0.460 e. The molecule has 0 atom stereocenters. The average molecular weight is 411 g/mol. The maximum atomic E-state index is 5.79. The van der Waals surface area contributed by atoms with Crippen LogP contribution in [0.3, 0.4) is 0 Å². The topological polar surface area (TPSA) is 101 Å². The normalized spacial score (nSPS) is 17.0. The third-order valence-corrected chi connectivity index (χ3v) is 5.99. The van der Waals surface area contributed by atoms with Crippen molar-refractivity contribution in [3.05, 3.63) is 30.9 Å². The number of piperazine rings is 1. The van der Waals surface area contributed by atoms with E-state index in [1.807, 2.05) is 18.5 Å². The molecule has 2 fully saturated rings. The number of thiazole rings is 1. The van der Waals surface area contributed by atoms with Crippen molar-refractivity contribution in [1.82, 2.24) is 30.2 Å². The van der Waals surface area contributed by atoms with Gasteiger partial charge in [-0.1, -0.05) is 11.3 Å². The second kappa shape index (κ2) is 8.26. The fraction of sp³-hybridized carbons (Fsp3) is 0.421. The average Bonchev–Trinajstić information content (AvgIpc) is 3.21. The summed E-state index contributed by atoms with van der Waals surface area (Å²) in [6.07, 6.45) is 10.8. The van der Waals surface area contributed by atoms with E-state index in [1.165, 1.54) is 17.8 Å².